The van der Waals surface area contributed by atoms with Crippen LogP contribution < -0.4 is 5.32 Å². The Morgan fingerprint density at radius 2 is 2.33 bits per heavy atom. The molecule has 1 saturated heterocycles. The summed E-state index contributed by atoms with van der Waals surface area (Å²) < 4.78 is 5.46. The molecule has 1 N–H and O–H groups in total. The Hall–Kier alpha value is -0.800. The second kappa shape index (κ2) is 6.39. The molecule has 18 heavy (non-hydrogen) atoms. The smallest absolute Gasteiger partial charge is 0.117 e. The van der Waals surface area contributed by atoms with Gasteiger partial charge in [-0.3, -0.25) is 4.90 Å². The fourth-order valence-electron chi connectivity index (χ4n) is 2.96. The first-order valence-electron chi connectivity index (χ1n) is 7.23. The molecule has 2 heterocycles. The predicted octanol–water partition coefficient (Wildman–Crippen LogP) is 2.88. The van der Waals surface area contributed by atoms with Crippen molar-refractivity contribution in [2.24, 2.45) is 5.41 Å². The van der Waals surface area contributed by atoms with Gasteiger partial charge in [0, 0.05) is 13.1 Å². The maximum atomic E-state index is 5.46. The average Bonchev–Trinajstić information content (AvgIpc) is 2.92. The third kappa shape index (κ3) is 3.36. The van der Waals surface area contributed by atoms with Crippen molar-refractivity contribution in [3.63, 3.8) is 0 Å². The van der Waals surface area contributed by atoms with Crippen LogP contribution in [0.1, 0.15) is 38.9 Å². The van der Waals surface area contributed by atoms with Gasteiger partial charge in [-0.1, -0.05) is 13.8 Å². The monoisotopic (exact) mass is 250 g/mol. The summed E-state index contributed by atoms with van der Waals surface area (Å²) in [6.07, 6.45) is 5.69. The van der Waals surface area contributed by atoms with Gasteiger partial charge in [0.05, 0.1) is 12.8 Å². The molecule has 2 rings (SSSR count). The standard InChI is InChI=1S/C15H26N2O/c1-3-15(8-6-9-16-12-15)13-17(4-2)11-14-7-5-10-18-14/h5,7,10,16H,3-4,6,8-9,11-13H2,1-2H3. The Bertz CT molecular complexity index is 328. The Morgan fingerprint density at radius 1 is 1.44 bits per heavy atom. The molecular formula is C15H26N2O. The van der Waals surface area contributed by atoms with Crippen LogP contribution in [0.3, 0.4) is 0 Å². The van der Waals surface area contributed by atoms with E-state index in [9.17, 15) is 0 Å². The van der Waals surface area contributed by atoms with Crippen LogP contribution in [0.5, 0.6) is 0 Å². The summed E-state index contributed by atoms with van der Waals surface area (Å²) in [6.45, 7) is 10.1. The van der Waals surface area contributed by atoms with Crippen molar-refractivity contribution in [1.29, 1.82) is 0 Å². The van der Waals surface area contributed by atoms with E-state index in [1.807, 2.05) is 6.07 Å². The van der Waals surface area contributed by atoms with Gasteiger partial charge in [0.1, 0.15) is 5.76 Å². The summed E-state index contributed by atoms with van der Waals surface area (Å²) in [6, 6.07) is 4.04. The van der Waals surface area contributed by atoms with E-state index in [0.717, 1.165) is 25.4 Å². The number of rotatable bonds is 6. The molecule has 0 aromatic carbocycles. The molecule has 1 fully saturated rings. The quantitative estimate of drug-likeness (QED) is 0.841. The minimum atomic E-state index is 0.459. The highest BCUT2D eigenvalue weighted by Gasteiger charge is 2.31. The molecule has 3 nitrogen and oxygen atoms in total. The van der Waals surface area contributed by atoms with Crippen LogP contribution in [0.2, 0.25) is 0 Å². The van der Waals surface area contributed by atoms with E-state index in [0.29, 0.717) is 5.41 Å². The van der Waals surface area contributed by atoms with Gasteiger partial charge in [-0.2, -0.15) is 0 Å². The molecule has 0 amide bonds. The third-order valence-electron chi connectivity index (χ3n) is 4.28. The Morgan fingerprint density at radius 3 is 2.89 bits per heavy atom. The summed E-state index contributed by atoms with van der Waals surface area (Å²) in [5.41, 5.74) is 0.459. The lowest BCUT2D eigenvalue weighted by Gasteiger charge is -2.40. The van der Waals surface area contributed by atoms with Crippen LogP contribution in [0.25, 0.3) is 0 Å². The average molecular weight is 250 g/mol. The van der Waals surface area contributed by atoms with Crippen molar-refractivity contribution in [1.82, 2.24) is 10.2 Å². The SMILES string of the molecule is CCN(Cc1ccco1)CC1(CC)CCCNC1. The molecular weight excluding hydrogens is 224 g/mol. The fourth-order valence-corrected chi connectivity index (χ4v) is 2.96. The van der Waals surface area contributed by atoms with Gasteiger partial charge in [0.25, 0.3) is 0 Å². The summed E-state index contributed by atoms with van der Waals surface area (Å²) in [4.78, 5) is 2.51. The van der Waals surface area contributed by atoms with Crippen LogP contribution in [0.15, 0.2) is 22.8 Å². The molecule has 1 unspecified atom stereocenters. The van der Waals surface area contributed by atoms with E-state index < -0.39 is 0 Å². The lowest BCUT2D eigenvalue weighted by atomic mass is 9.78. The van der Waals surface area contributed by atoms with Crippen molar-refractivity contribution in [2.45, 2.75) is 39.7 Å². The highest BCUT2D eigenvalue weighted by molar-refractivity contribution is 4.98. The highest BCUT2D eigenvalue weighted by Crippen LogP contribution is 2.31. The van der Waals surface area contributed by atoms with Gasteiger partial charge < -0.3 is 9.73 Å². The highest BCUT2D eigenvalue weighted by atomic mass is 16.3. The topological polar surface area (TPSA) is 28.4 Å². The van der Waals surface area contributed by atoms with E-state index in [4.69, 9.17) is 4.42 Å². The number of hydrogen-bond donors (Lipinski definition) is 1. The number of piperidine rings is 1. The van der Waals surface area contributed by atoms with Crippen LogP contribution in [0, 0.1) is 5.41 Å². The molecule has 0 radical (unpaired) electrons. The van der Waals surface area contributed by atoms with Gasteiger partial charge in [-0.25, -0.2) is 0 Å². The summed E-state index contributed by atoms with van der Waals surface area (Å²) >= 11 is 0. The van der Waals surface area contributed by atoms with Crippen molar-refractivity contribution in [2.75, 3.05) is 26.2 Å². The second-order valence-corrected chi connectivity index (χ2v) is 5.52. The van der Waals surface area contributed by atoms with Gasteiger partial charge >= 0.3 is 0 Å². The zero-order valence-electron chi connectivity index (χ0n) is 11.7. The normalized spacial score (nSPS) is 24.6. The maximum absolute atomic E-state index is 5.46. The Kier molecular flexibility index (Phi) is 4.84. The number of hydrogen-bond acceptors (Lipinski definition) is 3. The van der Waals surface area contributed by atoms with E-state index in [1.165, 1.54) is 32.4 Å². The first-order chi connectivity index (χ1) is 8.78. The fraction of sp³-hybridized carbons (Fsp3) is 0.733. The first-order valence-corrected chi connectivity index (χ1v) is 7.23. The molecule has 1 aromatic heterocycles. The second-order valence-electron chi connectivity index (χ2n) is 5.52. The third-order valence-corrected chi connectivity index (χ3v) is 4.28. The van der Waals surface area contributed by atoms with Crippen LogP contribution >= 0.6 is 0 Å². The minimum Gasteiger partial charge on any atom is -0.468 e. The zero-order valence-corrected chi connectivity index (χ0v) is 11.7. The van der Waals surface area contributed by atoms with E-state index in [2.05, 4.69) is 30.1 Å². The first kappa shape index (κ1) is 13.6. The summed E-state index contributed by atoms with van der Waals surface area (Å²) in [5.74, 6) is 1.08. The molecule has 1 aromatic rings. The van der Waals surface area contributed by atoms with E-state index in [1.54, 1.807) is 6.26 Å². The lowest BCUT2D eigenvalue weighted by Crippen LogP contribution is -2.47. The Labute approximate surface area is 111 Å². The zero-order chi connectivity index (χ0) is 12.8. The molecule has 1 aliphatic heterocycles. The molecule has 0 spiro atoms. The Balaban J connectivity index is 1.95. The van der Waals surface area contributed by atoms with Gasteiger partial charge in [-0.05, 0) is 49.9 Å². The maximum Gasteiger partial charge on any atom is 0.117 e. The largest absolute Gasteiger partial charge is 0.468 e. The van der Waals surface area contributed by atoms with Gasteiger partial charge in [0.2, 0.25) is 0 Å². The van der Waals surface area contributed by atoms with Crippen molar-refractivity contribution in [3.8, 4) is 0 Å². The number of nitrogens with one attached hydrogen (secondary N) is 1. The van der Waals surface area contributed by atoms with Crippen LogP contribution in [0.4, 0.5) is 0 Å². The van der Waals surface area contributed by atoms with Gasteiger partial charge in [-0.15, -0.1) is 0 Å². The van der Waals surface area contributed by atoms with E-state index in [-0.39, 0.29) is 0 Å². The van der Waals surface area contributed by atoms with Crippen LogP contribution in [-0.2, 0) is 6.54 Å². The van der Waals surface area contributed by atoms with E-state index >= 15 is 0 Å². The van der Waals surface area contributed by atoms with Crippen molar-refractivity contribution < 1.29 is 4.42 Å². The molecule has 0 aliphatic carbocycles. The minimum absolute atomic E-state index is 0.459. The van der Waals surface area contributed by atoms with Gasteiger partial charge in [0.15, 0.2) is 0 Å². The number of nitrogens with zero attached hydrogens (tertiary/aromatic N) is 1. The molecule has 0 saturated carbocycles. The van der Waals surface area contributed by atoms with Crippen molar-refractivity contribution in [3.05, 3.63) is 24.2 Å². The summed E-state index contributed by atoms with van der Waals surface area (Å²) in [7, 11) is 0. The lowest BCUT2D eigenvalue weighted by molar-refractivity contribution is 0.106. The molecule has 0 bridgehead atoms. The molecule has 1 aliphatic rings. The van der Waals surface area contributed by atoms with Crippen LogP contribution in [-0.4, -0.2) is 31.1 Å². The molecule has 102 valence electrons. The van der Waals surface area contributed by atoms with Crippen molar-refractivity contribution >= 4 is 0 Å². The predicted molar refractivity (Wildman–Crippen MR) is 74.5 cm³/mol. The summed E-state index contributed by atoms with van der Waals surface area (Å²) in [5, 5.41) is 3.56. The molecule has 1 atom stereocenters. The number of furan rings is 1. The molecule has 3 heteroatoms.